The highest BCUT2D eigenvalue weighted by Crippen LogP contribution is 2.44. The van der Waals surface area contributed by atoms with E-state index in [2.05, 4.69) is 20.6 Å². The van der Waals surface area contributed by atoms with Gasteiger partial charge < -0.3 is 20.1 Å². The maximum Gasteiger partial charge on any atom is 0.238 e. The van der Waals surface area contributed by atoms with Gasteiger partial charge in [-0.1, -0.05) is 11.6 Å². The van der Waals surface area contributed by atoms with Crippen LogP contribution in [0.3, 0.4) is 0 Å². The third-order valence-electron chi connectivity index (χ3n) is 3.84. The number of sulfonamides is 1. The lowest BCUT2D eigenvalue weighted by Crippen LogP contribution is -2.11. The summed E-state index contributed by atoms with van der Waals surface area (Å²) in [4.78, 5) is 8.54. The van der Waals surface area contributed by atoms with Crippen molar-refractivity contribution in [1.82, 2.24) is 9.97 Å². The molecule has 0 amide bonds. The molecule has 0 saturated carbocycles. The van der Waals surface area contributed by atoms with Gasteiger partial charge in [0.25, 0.3) is 0 Å². The van der Waals surface area contributed by atoms with Crippen LogP contribution in [0.5, 0.6) is 11.5 Å². The van der Waals surface area contributed by atoms with Gasteiger partial charge in [-0.05, 0) is 42.5 Å². The Hall–Kier alpha value is -3.08. The molecule has 4 rings (SSSR count). The molecule has 1 aliphatic heterocycles. The van der Waals surface area contributed by atoms with Crippen molar-refractivity contribution >= 4 is 44.8 Å². The molecule has 28 heavy (non-hydrogen) atoms. The van der Waals surface area contributed by atoms with Crippen LogP contribution in [0.1, 0.15) is 0 Å². The SMILES string of the molecule is NS(=O)(=O)c1ccc(Nc2nccc(Nc3c(Cl)ccc4c3OCO4)n2)cc1. The second kappa shape index (κ2) is 7.15. The first-order valence-electron chi connectivity index (χ1n) is 7.98. The molecule has 0 spiro atoms. The average Bonchev–Trinajstić information content (AvgIpc) is 3.13. The van der Waals surface area contributed by atoms with E-state index in [0.717, 1.165) is 0 Å². The summed E-state index contributed by atoms with van der Waals surface area (Å²) in [5.41, 5.74) is 1.14. The zero-order valence-corrected chi connectivity index (χ0v) is 15.8. The standard InChI is InChI=1S/C17H14ClN5O4S/c18-12-5-6-13-16(27-9-26-13)15(12)22-14-7-8-20-17(23-14)21-10-1-3-11(4-2-10)28(19,24)25/h1-8H,9H2,(H2,19,24,25)(H2,20,21,22,23). The highest BCUT2D eigenvalue weighted by molar-refractivity contribution is 7.89. The minimum atomic E-state index is -3.75. The summed E-state index contributed by atoms with van der Waals surface area (Å²) in [5, 5.41) is 11.6. The molecule has 0 radical (unpaired) electrons. The molecule has 2 heterocycles. The van der Waals surface area contributed by atoms with Gasteiger partial charge in [0.1, 0.15) is 11.5 Å². The molecule has 0 unspecified atom stereocenters. The fraction of sp³-hybridized carbons (Fsp3) is 0.0588. The molecule has 0 atom stereocenters. The highest BCUT2D eigenvalue weighted by atomic mass is 35.5. The number of ether oxygens (including phenoxy) is 2. The van der Waals surface area contributed by atoms with Crippen molar-refractivity contribution in [2.75, 3.05) is 17.4 Å². The van der Waals surface area contributed by atoms with E-state index < -0.39 is 10.0 Å². The van der Waals surface area contributed by atoms with E-state index in [0.29, 0.717) is 39.7 Å². The average molecular weight is 420 g/mol. The van der Waals surface area contributed by atoms with Crippen LogP contribution in [0.25, 0.3) is 0 Å². The smallest absolute Gasteiger partial charge is 0.238 e. The summed E-state index contributed by atoms with van der Waals surface area (Å²) in [6.07, 6.45) is 1.56. The van der Waals surface area contributed by atoms with Crippen molar-refractivity contribution in [3.63, 3.8) is 0 Å². The Morgan fingerprint density at radius 1 is 1.04 bits per heavy atom. The number of aromatic nitrogens is 2. The largest absolute Gasteiger partial charge is 0.454 e. The Balaban J connectivity index is 1.55. The van der Waals surface area contributed by atoms with Crippen LogP contribution in [0.15, 0.2) is 53.6 Å². The van der Waals surface area contributed by atoms with Gasteiger partial charge in [0.2, 0.25) is 22.8 Å². The number of primary sulfonamides is 1. The van der Waals surface area contributed by atoms with E-state index >= 15 is 0 Å². The molecule has 0 bridgehead atoms. The Morgan fingerprint density at radius 2 is 1.82 bits per heavy atom. The number of hydrogen-bond donors (Lipinski definition) is 3. The van der Waals surface area contributed by atoms with Gasteiger partial charge in [-0.15, -0.1) is 0 Å². The number of nitrogens with one attached hydrogen (secondary N) is 2. The highest BCUT2D eigenvalue weighted by Gasteiger charge is 2.21. The van der Waals surface area contributed by atoms with E-state index in [1.807, 2.05) is 0 Å². The molecule has 11 heteroatoms. The fourth-order valence-corrected chi connectivity index (χ4v) is 3.25. The lowest BCUT2D eigenvalue weighted by Gasteiger charge is -2.12. The first-order valence-corrected chi connectivity index (χ1v) is 9.91. The molecular formula is C17H14ClN5O4S. The summed E-state index contributed by atoms with van der Waals surface area (Å²) in [6.45, 7) is 0.120. The Morgan fingerprint density at radius 3 is 2.57 bits per heavy atom. The number of halogens is 1. The van der Waals surface area contributed by atoms with Crippen LogP contribution in [-0.4, -0.2) is 25.2 Å². The molecule has 9 nitrogen and oxygen atoms in total. The van der Waals surface area contributed by atoms with E-state index in [1.54, 1.807) is 36.5 Å². The predicted molar refractivity (Wildman–Crippen MR) is 104 cm³/mol. The third kappa shape index (κ3) is 3.79. The van der Waals surface area contributed by atoms with Gasteiger partial charge >= 0.3 is 0 Å². The zero-order chi connectivity index (χ0) is 19.7. The normalized spacial score (nSPS) is 12.6. The van der Waals surface area contributed by atoms with Crippen LogP contribution in [0.2, 0.25) is 5.02 Å². The molecular weight excluding hydrogens is 406 g/mol. The minimum Gasteiger partial charge on any atom is -0.454 e. The Labute approximate surface area is 165 Å². The summed E-state index contributed by atoms with van der Waals surface area (Å²) in [6, 6.07) is 11.0. The van der Waals surface area contributed by atoms with Gasteiger partial charge in [0.15, 0.2) is 11.5 Å². The fourth-order valence-electron chi connectivity index (χ4n) is 2.54. The van der Waals surface area contributed by atoms with Gasteiger partial charge in [-0.3, -0.25) is 0 Å². The summed E-state index contributed by atoms with van der Waals surface area (Å²) in [7, 11) is -3.75. The number of nitrogens with two attached hydrogens (primary N) is 1. The van der Waals surface area contributed by atoms with Crippen molar-refractivity contribution in [2.24, 2.45) is 5.14 Å². The van der Waals surface area contributed by atoms with Crippen molar-refractivity contribution in [3.8, 4) is 11.5 Å². The molecule has 1 aromatic heterocycles. The zero-order valence-electron chi connectivity index (χ0n) is 14.2. The molecule has 4 N–H and O–H groups in total. The van der Waals surface area contributed by atoms with Crippen LogP contribution < -0.4 is 25.2 Å². The number of nitrogens with zero attached hydrogens (tertiary/aromatic N) is 2. The van der Waals surface area contributed by atoms with E-state index in [4.69, 9.17) is 26.2 Å². The van der Waals surface area contributed by atoms with Crippen molar-refractivity contribution in [2.45, 2.75) is 4.90 Å². The van der Waals surface area contributed by atoms with Crippen LogP contribution in [0.4, 0.5) is 23.1 Å². The summed E-state index contributed by atoms with van der Waals surface area (Å²) < 4.78 is 33.5. The molecule has 1 aliphatic rings. The number of rotatable bonds is 5. The summed E-state index contributed by atoms with van der Waals surface area (Å²) in [5.74, 6) is 1.88. The Kier molecular flexibility index (Phi) is 4.67. The summed E-state index contributed by atoms with van der Waals surface area (Å²) >= 11 is 6.26. The number of hydrogen-bond acceptors (Lipinski definition) is 8. The Bertz CT molecular complexity index is 1140. The van der Waals surface area contributed by atoms with Crippen LogP contribution in [0, 0.1) is 0 Å². The predicted octanol–water partition coefficient (Wildman–Crippen LogP) is 2.99. The lowest BCUT2D eigenvalue weighted by atomic mass is 10.2. The first kappa shape index (κ1) is 18.3. The monoisotopic (exact) mass is 419 g/mol. The van der Waals surface area contributed by atoms with Gasteiger partial charge in [-0.25, -0.2) is 18.5 Å². The van der Waals surface area contributed by atoms with Gasteiger partial charge in [0, 0.05) is 11.9 Å². The van der Waals surface area contributed by atoms with Gasteiger partial charge in [-0.2, -0.15) is 4.98 Å². The van der Waals surface area contributed by atoms with Crippen LogP contribution in [-0.2, 0) is 10.0 Å². The number of anilines is 4. The van der Waals surface area contributed by atoms with Gasteiger partial charge in [0.05, 0.1) is 9.92 Å². The minimum absolute atomic E-state index is 0.0178. The molecule has 0 fully saturated rings. The van der Waals surface area contributed by atoms with Crippen molar-refractivity contribution in [1.29, 1.82) is 0 Å². The molecule has 0 aliphatic carbocycles. The molecule has 2 aromatic carbocycles. The molecule has 3 aromatic rings. The quantitative estimate of drug-likeness (QED) is 0.575. The van der Waals surface area contributed by atoms with E-state index in [-0.39, 0.29) is 11.7 Å². The van der Waals surface area contributed by atoms with Crippen LogP contribution >= 0.6 is 11.6 Å². The maximum atomic E-state index is 11.3. The second-order valence-corrected chi connectivity index (χ2v) is 7.71. The third-order valence-corrected chi connectivity index (χ3v) is 5.08. The molecule has 0 saturated heterocycles. The molecule has 144 valence electrons. The van der Waals surface area contributed by atoms with E-state index in [1.165, 1.54) is 12.1 Å². The topological polar surface area (TPSA) is 128 Å². The van der Waals surface area contributed by atoms with E-state index in [9.17, 15) is 8.42 Å². The maximum absolute atomic E-state index is 11.3. The van der Waals surface area contributed by atoms with Crippen molar-refractivity contribution in [3.05, 3.63) is 53.7 Å². The number of fused-ring (bicyclic) bond motifs is 1. The number of benzene rings is 2. The lowest BCUT2D eigenvalue weighted by molar-refractivity contribution is 0.174. The van der Waals surface area contributed by atoms with Crippen molar-refractivity contribution < 1.29 is 17.9 Å². The second-order valence-electron chi connectivity index (χ2n) is 5.74. The first-order chi connectivity index (χ1) is 13.4.